The Balaban J connectivity index is 2.20. The van der Waals surface area contributed by atoms with Gasteiger partial charge in [-0.05, 0) is 32.4 Å². The van der Waals surface area contributed by atoms with E-state index in [1.807, 2.05) is 19.9 Å². The Labute approximate surface area is 127 Å². The minimum absolute atomic E-state index is 0.264. The van der Waals surface area contributed by atoms with Crippen molar-refractivity contribution in [1.82, 2.24) is 15.2 Å². The van der Waals surface area contributed by atoms with E-state index >= 15 is 0 Å². The van der Waals surface area contributed by atoms with Crippen molar-refractivity contribution >= 4 is 23.7 Å². The number of aryl methyl sites for hydroxylation is 2. The van der Waals surface area contributed by atoms with Gasteiger partial charge in [0.1, 0.15) is 11.1 Å². The zero-order valence-corrected chi connectivity index (χ0v) is 13.0. The molecule has 0 bridgehead atoms. The van der Waals surface area contributed by atoms with Crippen LogP contribution < -0.4 is 5.32 Å². The van der Waals surface area contributed by atoms with Gasteiger partial charge in [0, 0.05) is 18.8 Å². The van der Waals surface area contributed by atoms with E-state index in [-0.39, 0.29) is 11.9 Å². The number of aromatic nitrogens is 1. The lowest BCUT2D eigenvalue weighted by atomic mass is 10.1. The number of hydrogen-bond acceptors (Lipinski definition) is 5. The third-order valence-corrected chi connectivity index (χ3v) is 4.26. The summed E-state index contributed by atoms with van der Waals surface area (Å²) in [5.41, 5.74) is 2.12. The molecule has 0 aromatic carbocycles. The maximum atomic E-state index is 12.3. The van der Waals surface area contributed by atoms with Crippen LogP contribution in [0, 0.1) is 25.2 Å². The van der Waals surface area contributed by atoms with E-state index < -0.39 is 5.25 Å². The number of amides is 3. The molecule has 6 nitrogen and oxygen atoms in total. The van der Waals surface area contributed by atoms with Gasteiger partial charge in [-0.15, -0.1) is 0 Å². The van der Waals surface area contributed by atoms with Crippen molar-refractivity contribution in [3.63, 3.8) is 0 Å². The fourth-order valence-corrected chi connectivity index (χ4v) is 3.23. The van der Waals surface area contributed by atoms with Crippen LogP contribution in [-0.2, 0) is 4.79 Å². The van der Waals surface area contributed by atoms with Gasteiger partial charge in [-0.1, -0.05) is 11.8 Å². The SMILES string of the molecule is Cc1cc(C)c(C#N)c(SC(C)C(=O)N2CCNC2=O)n1. The monoisotopic (exact) mass is 304 g/mol. The Morgan fingerprint density at radius 3 is 2.86 bits per heavy atom. The molecule has 1 unspecified atom stereocenters. The molecular formula is C14H16N4O2S. The van der Waals surface area contributed by atoms with Crippen LogP contribution in [0.4, 0.5) is 4.79 Å². The summed E-state index contributed by atoms with van der Waals surface area (Å²) in [5.74, 6) is -0.264. The number of rotatable bonds is 3. The van der Waals surface area contributed by atoms with Gasteiger partial charge < -0.3 is 5.32 Å². The molecule has 2 heterocycles. The first kappa shape index (κ1) is 15.3. The first-order valence-electron chi connectivity index (χ1n) is 6.58. The van der Waals surface area contributed by atoms with E-state index in [1.54, 1.807) is 6.92 Å². The number of urea groups is 1. The molecule has 1 aliphatic heterocycles. The molecule has 21 heavy (non-hydrogen) atoms. The topological polar surface area (TPSA) is 86.1 Å². The highest BCUT2D eigenvalue weighted by Gasteiger charge is 2.30. The zero-order valence-electron chi connectivity index (χ0n) is 12.1. The summed E-state index contributed by atoms with van der Waals surface area (Å²) < 4.78 is 0. The van der Waals surface area contributed by atoms with Gasteiger partial charge in [0.25, 0.3) is 0 Å². The number of nitriles is 1. The van der Waals surface area contributed by atoms with E-state index in [2.05, 4.69) is 16.4 Å². The Morgan fingerprint density at radius 2 is 2.29 bits per heavy atom. The Bertz CT molecular complexity index is 639. The molecule has 3 amide bonds. The summed E-state index contributed by atoms with van der Waals surface area (Å²) in [6.45, 7) is 6.27. The van der Waals surface area contributed by atoms with Crippen molar-refractivity contribution in [1.29, 1.82) is 5.26 Å². The van der Waals surface area contributed by atoms with Crippen LogP contribution in [0.3, 0.4) is 0 Å². The first-order chi connectivity index (χ1) is 9.93. The van der Waals surface area contributed by atoms with Gasteiger partial charge in [-0.2, -0.15) is 5.26 Å². The second-order valence-corrected chi connectivity index (χ2v) is 6.18. The van der Waals surface area contributed by atoms with Gasteiger partial charge >= 0.3 is 6.03 Å². The van der Waals surface area contributed by atoms with Gasteiger partial charge in [0.05, 0.1) is 10.8 Å². The fraction of sp³-hybridized carbons (Fsp3) is 0.429. The molecule has 0 spiro atoms. The lowest BCUT2D eigenvalue weighted by Gasteiger charge is -2.18. The fourth-order valence-electron chi connectivity index (χ4n) is 2.14. The van der Waals surface area contributed by atoms with Gasteiger partial charge in [-0.25, -0.2) is 9.78 Å². The molecule has 0 radical (unpaired) electrons. The van der Waals surface area contributed by atoms with E-state index in [0.29, 0.717) is 23.7 Å². The van der Waals surface area contributed by atoms with Crippen molar-refractivity contribution in [2.24, 2.45) is 0 Å². The number of carbonyl (C=O) groups is 2. The molecule has 1 N–H and O–H groups in total. The molecule has 7 heteroatoms. The summed E-state index contributed by atoms with van der Waals surface area (Å²) in [7, 11) is 0. The van der Waals surface area contributed by atoms with Crippen LogP contribution in [0.2, 0.25) is 0 Å². The minimum atomic E-state index is -0.477. The normalized spacial score (nSPS) is 15.5. The molecule has 0 saturated carbocycles. The third-order valence-electron chi connectivity index (χ3n) is 3.18. The smallest absolute Gasteiger partial charge is 0.324 e. The molecule has 0 aliphatic carbocycles. The summed E-state index contributed by atoms with van der Waals surface area (Å²) >= 11 is 1.22. The van der Waals surface area contributed by atoms with E-state index in [0.717, 1.165) is 11.3 Å². The maximum Gasteiger partial charge on any atom is 0.324 e. The molecule has 1 aliphatic rings. The van der Waals surface area contributed by atoms with E-state index in [9.17, 15) is 14.9 Å². The van der Waals surface area contributed by atoms with Crippen LogP contribution in [0.5, 0.6) is 0 Å². The van der Waals surface area contributed by atoms with Crippen LogP contribution in [-0.4, -0.2) is 40.2 Å². The number of pyridine rings is 1. The number of thioether (sulfide) groups is 1. The average Bonchev–Trinajstić information content (AvgIpc) is 2.83. The molecule has 1 aromatic heterocycles. The van der Waals surface area contributed by atoms with Crippen molar-refractivity contribution in [3.05, 3.63) is 22.9 Å². The highest BCUT2D eigenvalue weighted by atomic mass is 32.2. The lowest BCUT2D eigenvalue weighted by molar-refractivity contribution is -0.126. The number of nitrogens with one attached hydrogen (secondary N) is 1. The predicted octanol–water partition coefficient (Wildman–Crippen LogP) is 1.60. The highest BCUT2D eigenvalue weighted by Crippen LogP contribution is 2.28. The standard InChI is InChI=1S/C14H16N4O2S/c1-8-6-9(2)17-12(11(8)7-15)21-10(3)13(19)18-5-4-16-14(18)20/h6,10H,4-5H2,1-3H3,(H,16,20). The molecule has 2 rings (SSSR count). The summed E-state index contributed by atoms with van der Waals surface area (Å²) in [6, 6.07) is 3.60. The zero-order chi connectivity index (χ0) is 15.6. The summed E-state index contributed by atoms with van der Waals surface area (Å²) in [5, 5.41) is 11.9. The molecule has 110 valence electrons. The van der Waals surface area contributed by atoms with Crippen LogP contribution >= 0.6 is 11.8 Å². The number of nitrogens with zero attached hydrogens (tertiary/aromatic N) is 3. The number of carbonyl (C=O) groups excluding carboxylic acids is 2. The molecule has 1 fully saturated rings. The maximum absolute atomic E-state index is 12.3. The minimum Gasteiger partial charge on any atom is -0.336 e. The van der Waals surface area contributed by atoms with Crippen LogP contribution in [0.1, 0.15) is 23.7 Å². The van der Waals surface area contributed by atoms with E-state index in [4.69, 9.17) is 0 Å². The van der Waals surface area contributed by atoms with Crippen molar-refractivity contribution in [2.75, 3.05) is 13.1 Å². The van der Waals surface area contributed by atoms with Crippen molar-refractivity contribution < 1.29 is 9.59 Å². The van der Waals surface area contributed by atoms with Crippen LogP contribution in [0.25, 0.3) is 0 Å². The second kappa shape index (κ2) is 6.14. The second-order valence-electron chi connectivity index (χ2n) is 4.85. The number of hydrogen-bond donors (Lipinski definition) is 1. The molecule has 1 aromatic rings. The van der Waals surface area contributed by atoms with E-state index in [1.165, 1.54) is 16.7 Å². The third kappa shape index (κ3) is 3.16. The Kier molecular flexibility index (Phi) is 4.48. The molecule has 1 saturated heterocycles. The Hall–Kier alpha value is -2.07. The van der Waals surface area contributed by atoms with Gasteiger partial charge in [0.2, 0.25) is 5.91 Å². The largest absolute Gasteiger partial charge is 0.336 e. The van der Waals surface area contributed by atoms with Crippen molar-refractivity contribution in [2.45, 2.75) is 31.0 Å². The molecular weight excluding hydrogens is 288 g/mol. The average molecular weight is 304 g/mol. The molecule has 1 atom stereocenters. The predicted molar refractivity (Wildman–Crippen MR) is 78.9 cm³/mol. The van der Waals surface area contributed by atoms with Gasteiger partial charge in [0.15, 0.2) is 0 Å². The lowest BCUT2D eigenvalue weighted by Crippen LogP contribution is -2.39. The summed E-state index contributed by atoms with van der Waals surface area (Å²) in [6.07, 6.45) is 0. The van der Waals surface area contributed by atoms with Crippen molar-refractivity contribution in [3.8, 4) is 6.07 Å². The quantitative estimate of drug-likeness (QED) is 0.857. The number of imide groups is 1. The summed E-state index contributed by atoms with van der Waals surface area (Å²) in [4.78, 5) is 29.3. The van der Waals surface area contributed by atoms with Crippen LogP contribution in [0.15, 0.2) is 11.1 Å². The van der Waals surface area contributed by atoms with Gasteiger partial charge in [-0.3, -0.25) is 9.69 Å². The Morgan fingerprint density at radius 1 is 1.57 bits per heavy atom. The first-order valence-corrected chi connectivity index (χ1v) is 7.46. The highest BCUT2D eigenvalue weighted by molar-refractivity contribution is 8.00.